The van der Waals surface area contributed by atoms with Crippen molar-refractivity contribution < 1.29 is 19.1 Å². The highest BCUT2D eigenvalue weighted by molar-refractivity contribution is 6.07. The molecule has 7 nitrogen and oxygen atoms in total. The highest BCUT2D eigenvalue weighted by atomic mass is 16.5. The van der Waals surface area contributed by atoms with Gasteiger partial charge in [-0.1, -0.05) is 72.8 Å². The molecule has 0 bridgehead atoms. The third kappa shape index (κ3) is 6.22. The molecule has 0 fully saturated rings. The Morgan fingerprint density at radius 1 is 0.875 bits per heavy atom. The van der Waals surface area contributed by atoms with Crippen molar-refractivity contribution in [1.82, 2.24) is 10.4 Å². The van der Waals surface area contributed by atoms with Crippen LogP contribution in [0.2, 0.25) is 0 Å². The minimum Gasteiger partial charge on any atom is -0.488 e. The van der Waals surface area contributed by atoms with Gasteiger partial charge in [-0.25, -0.2) is 15.2 Å². The second-order valence-electron chi connectivity index (χ2n) is 8.88. The van der Waals surface area contributed by atoms with Gasteiger partial charge in [0.25, 0.3) is 5.91 Å². The topological polar surface area (TPSA) is 89.9 Å². The lowest BCUT2D eigenvalue weighted by Gasteiger charge is -2.10. The Morgan fingerprint density at radius 3 is 2.40 bits per heavy atom. The first-order chi connectivity index (χ1) is 19.6. The first-order valence-corrected chi connectivity index (χ1v) is 12.9. The Kier molecular flexibility index (Phi) is 8.22. The van der Waals surface area contributed by atoms with Crippen LogP contribution in [0.1, 0.15) is 38.8 Å². The molecule has 0 aliphatic carbocycles. The quantitative estimate of drug-likeness (QED) is 0.135. The minimum absolute atomic E-state index is 0.297. The lowest BCUT2D eigenvalue weighted by molar-refractivity contribution is 0.0526. The van der Waals surface area contributed by atoms with Gasteiger partial charge in [0.1, 0.15) is 12.4 Å². The molecule has 0 saturated carbocycles. The molecular formula is C33H27N3O4. The SMILES string of the molecule is CCOC(=O)c1ccc(COc2ccccc2/C=N\NC(=O)c2cc(-c3ccccc3)nc3ccccc23)cc1. The number of hydrazone groups is 1. The van der Waals surface area contributed by atoms with Crippen LogP contribution in [0.25, 0.3) is 22.2 Å². The van der Waals surface area contributed by atoms with Crippen LogP contribution in [0, 0.1) is 0 Å². The summed E-state index contributed by atoms with van der Waals surface area (Å²) in [6.07, 6.45) is 1.55. The van der Waals surface area contributed by atoms with Crippen LogP contribution in [-0.4, -0.2) is 29.7 Å². The third-order valence-corrected chi connectivity index (χ3v) is 6.18. The van der Waals surface area contributed by atoms with Gasteiger partial charge in [-0.3, -0.25) is 4.79 Å². The van der Waals surface area contributed by atoms with E-state index < -0.39 is 0 Å². The smallest absolute Gasteiger partial charge is 0.338 e. The van der Waals surface area contributed by atoms with Crippen molar-refractivity contribution in [3.05, 3.63) is 131 Å². The van der Waals surface area contributed by atoms with Crippen LogP contribution in [0.5, 0.6) is 5.75 Å². The number of aromatic nitrogens is 1. The van der Waals surface area contributed by atoms with E-state index in [-0.39, 0.29) is 11.9 Å². The van der Waals surface area contributed by atoms with E-state index in [1.165, 1.54) is 0 Å². The second kappa shape index (κ2) is 12.5. The minimum atomic E-state index is -0.352. The van der Waals surface area contributed by atoms with Crippen molar-refractivity contribution in [2.75, 3.05) is 6.61 Å². The van der Waals surface area contributed by atoms with E-state index in [0.29, 0.717) is 41.3 Å². The van der Waals surface area contributed by atoms with Gasteiger partial charge in [-0.05, 0) is 48.9 Å². The van der Waals surface area contributed by atoms with Gasteiger partial charge in [0, 0.05) is 16.5 Å². The molecule has 0 saturated heterocycles. The Hall–Kier alpha value is -5.30. The highest BCUT2D eigenvalue weighted by Crippen LogP contribution is 2.25. The summed E-state index contributed by atoms with van der Waals surface area (Å²) < 4.78 is 11.0. The summed E-state index contributed by atoms with van der Waals surface area (Å²) in [5.41, 5.74) is 7.59. The summed E-state index contributed by atoms with van der Waals surface area (Å²) in [5.74, 6) is -0.0857. The summed E-state index contributed by atoms with van der Waals surface area (Å²) in [6, 6.07) is 33.6. The number of carbonyl (C=O) groups excluding carboxylic acids is 2. The molecule has 198 valence electrons. The molecule has 7 heteroatoms. The maximum atomic E-state index is 13.2. The molecule has 1 N–H and O–H groups in total. The zero-order valence-corrected chi connectivity index (χ0v) is 21.9. The number of pyridine rings is 1. The average Bonchev–Trinajstić information content (AvgIpc) is 3.00. The van der Waals surface area contributed by atoms with Crippen molar-refractivity contribution in [3.8, 4) is 17.0 Å². The number of carbonyl (C=O) groups is 2. The van der Waals surface area contributed by atoms with Gasteiger partial charge in [0.2, 0.25) is 0 Å². The predicted octanol–water partition coefficient (Wildman–Crippen LogP) is 6.42. The normalized spacial score (nSPS) is 10.9. The van der Waals surface area contributed by atoms with E-state index >= 15 is 0 Å². The number of benzene rings is 4. The predicted molar refractivity (Wildman–Crippen MR) is 155 cm³/mol. The number of fused-ring (bicyclic) bond motifs is 1. The maximum absolute atomic E-state index is 13.2. The van der Waals surface area contributed by atoms with Crippen LogP contribution >= 0.6 is 0 Å². The maximum Gasteiger partial charge on any atom is 0.338 e. The lowest BCUT2D eigenvalue weighted by Crippen LogP contribution is -2.18. The Bertz CT molecular complexity index is 1670. The molecule has 5 aromatic rings. The molecular weight excluding hydrogens is 502 g/mol. The molecule has 1 heterocycles. The zero-order valence-electron chi connectivity index (χ0n) is 21.9. The lowest BCUT2D eigenvalue weighted by atomic mass is 10.0. The molecule has 0 radical (unpaired) electrons. The molecule has 40 heavy (non-hydrogen) atoms. The Morgan fingerprint density at radius 2 is 1.60 bits per heavy atom. The summed E-state index contributed by atoms with van der Waals surface area (Å²) in [4.78, 5) is 29.8. The molecule has 5 rings (SSSR count). The number of amides is 1. The monoisotopic (exact) mass is 529 g/mol. The molecule has 0 spiro atoms. The standard InChI is InChI=1S/C33H27N3O4/c1-2-39-33(38)25-18-16-23(17-19-25)22-40-31-15-9-6-12-26(31)21-34-36-32(37)28-20-30(24-10-4-3-5-11-24)35-29-14-8-7-13-27(28)29/h3-21H,2,22H2,1H3,(H,36,37)/b34-21-. The second-order valence-corrected chi connectivity index (χ2v) is 8.88. The van der Waals surface area contributed by atoms with Gasteiger partial charge in [0.05, 0.1) is 35.2 Å². The molecule has 1 amide bonds. The van der Waals surface area contributed by atoms with E-state index in [9.17, 15) is 9.59 Å². The van der Waals surface area contributed by atoms with E-state index in [1.807, 2.05) is 91.0 Å². The van der Waals surface area contributed by atoms with Crippen molar-refractivity contribution in [2.45, 2.75) is 13.5 Å². The summed E-state index contributed by atoms with van der Waals surface area (Å²) in [5, 5.41) is 4.96. The fourth-order valence-electron chi connectivity index (χ4n) is 4.17. The third-order valence-electron chi connectivity index (χ3n) is 6.18. The number of ether oxygens (including phenoxy) is 2. The van der Waals surface area contributed by atoms with Crippen molar-refractivity contribution in [1.29, 1.82) is 0 Å². The Labute approximate surface area is 232 Å². The number of hydrogen-bond donors (Lipinski definition) is 1. The number of rotatable bonds is 9. The van der Waals surface area contributed by atoms with Crippen LogP contribution in [0.15, 0.2) is 114 Å². The molecule has 0 aliphatic rings. The van der Waals surface area contributed by atoms with Gasteiger partial charge in [-0.15, -0.1) is 0 Å². The zero-order chi connectivity index (χ0) is 27.7. The number of nitrogens with zero attached hydrogens (tertiary/aromatic N) is 2. The van der Waals surface area contributed by atoms with Gasteiger partial charge in [0.15, 0.2) is 0 Å². The molecule has 0 atom stereocenters. The molecule has 1 aromatic heterocycles. The van der Waals surface area contributed by atoms with Gasteiger partial charge in [-0.2, -0.15) is 5.10 Å². The van der Waals surface area contributed by atoms with Crippen LogP contribution in [-0.2, 0) is 11.3 Å². The number of para-hydroxylation sites is 2. The Balaban J connectivity index is 1.29. The van der Waals surface area contributed by atoms with Crippen LogP contribution in [0.3, 0.4) is 0 Å². The summed E-state index contributed by atoms with van der Waals surface area (Å²) in [6.45, 7) is 2.40. The van der Waals surface area contributed by atoms with Crippen LogP contribution < -0.4 is 10.2 Å². The molecule has 0 unspecified atom stereocenters. The highest BCUT2D eigenvalue weighted by Gasteiger charge is 2.14. The van der Waals surface area contributed by atoms with E-state index in [0.717, 1.165) is 22.0 Å². The number of hydrogen-bond acceptors (Lipinski definition) is 6. The molecule has 0 aliphatic heterocycles. The van der Waals surface area contributed by atoms with Crippen molar-refractivity contribution in [3.63, 3.8) is 0 Å². The number of nitrogens with one attached hydrogen (secondary N) is 1. The van der Waals surface area contributed by atoms with Crippen molar-refractivity contribution in [2.24, 2.45) is 5.10 Å². The van der Waals surface area contributed by atoms with E-state index in [1.54, 1.807) is 31.3 Å². The fraction of sp³-hybridized carbons (Fsp3) is 0.0909. The van der Waals surface area contributed by atoms with E-state index in [4.69, 9.17) is 14.5 Å². The largest absolute Gasteiger partial charge is 0.488 e. The summed E-state index contributed by atoms with van der Waals surface area (Å²) >= 11 is 0. The van der Waals surface area contributed by atoms with Gasteiger partial charge >= 0.3 is 5.97 Å². The molecule has 4 aromatic carbocycles. The average molecular weight is 530 g/mol. The van der Waals surface area contributed by atoms with Crippen LogP contribution in [0.4, 0.5) is 0 Å². The first-order valence-electron chi connectivity index (χ1n) is 12.9. The number of esters is 1. The van der Waals surface area contributed by atoms with Gasteiger partial charge < -0.3 is 9.47 Å². The van der Waals surface area contributed by atoms with E-state index in [2.05, 4.69) is 10.5 Å². The summed E-state index contributed by atoms with van der Waals surface area (Å²) in [7, 11) is 0. The first kappa shape index (κ1) is 26.3. The van der Waals surface area contributed by atoms with Crippen molar-refractivity contribution >= 4 is 29.0 Å². The fourth-order valence-corrected chi connectivity index (χ4v) is 4.17.